The van der Waals surface area contributed by atoms with Crippen molar-refractivity contribution >= 4 is 40.0 Å². The average molecular weight is 444 g/mol. The topological polar surface area (TPSA) is 67.2 Å². The summed E-state index contributed by atoms with van der Waals surface area (Å²) in [7, 11) is 0. The molecule has 4 rings (SSSR count). The molecular weight excluding hydrogens is 418 g/mol. The Balaban J connectivity index is 1.49. The number of rotatable bonds is 5. The quantitative estimate of drug-likeness (QED) is 0.347. The Morgan fingerprint density at radius 1 is 1.09 bits per heavy atom. The number of carbonyl (C=O) groups is 1. The van der Waals surface area contributed by atoms with E-state index in [0.29, 0.717) is 17.4 Å². The van der Waals surface area contributed by atoms with Gasteiger partial charge in [0.1, 0.15) is 5.52 Å². The monoisotopic (exact) mass is 443 g/mol. The number of aryl methyl sites for hydroxylation is 1. The van der Waals surface area contributed by atoms with E-state index in [1.54, 1.807) is 12.1 Å². The minimum Gasteiger partial charge on any atom is -0.436 e. The molecular formula is C26H25N3O2S. The summed E-state index contributed by atoms with van der Waals surface area (Å²) in [6.07, 6.45) is 1.07. The van der Waals surface area contributed by atoms with Gasteiger partial charge in [0.05, 0.1) is 0 Å². The van der Waals surface area contributed by atoms with Crippen molar-refractivity contribution in [2.45, 2.75) is 33.1 Å². The van der Waals surface area contributed by atoms with Gasteiger partial charge in [0.2, 0.25) is 5.89 Å². The van der Waals surface area contributed by atoms with Gasteiger partial charge in [-0.15, -0.1) is 0 Å². The number of aromatic nitrogens is 1. The first-order valence-electron chi connectivity index (χ1n) is 10.6. The van der Waals surface area contributed by atoms with E-state index in [1.165, 1.54) is 5.56 Å². The molecule has 0 aliphatic heterocycles. The molecule has 5 nitrogen and oxygen atoms in total. The standard InChI is InChI=1S/C26H25N3O2S/c1-4-17(3)19-12-13-23-22(15-19)28-25(31-23)20-6-5-7-21(14-20)27-26(32)29-24(30)18-10-8-16(2)9-11-18/h5-15,17H,4H2,1-3H3,(H2,27,29,30,32)/t17-/m1/s1. The van der Waals surface area contributed by atoms with Crippen LogP contribution in [-0.2, 0) is 0 Å². The summed E-state index contributed by atoms with van der Waals surface area (Å²) in [5, 5.41) is 5.99. The molecule has 1 atom stereocenters. The number of thiocarbonyl (C=S) groups is 1. The number of hydrogen-bond donors (Lipinski definition) is 2. The van der Waals surface area contributed by atoms with Gasteiger partial charge in [-0.3, -0.25) is 10.1 Å². The van der Waals surface area contributed by atoms with Crippen LogP contribution >= 0.6 is 12.2 Å². The fourth-order valence-corrected chi connectivity index (χ4v) is 3.59. The van der Waals surface area contributed by atoms with E-state index >= 15 is 0 Å². The van der Waals surface area contributed by atoms with Crippen molar-refractivity contribution in [2.75, 3.05) is 5.32 Å². The number of benzene rings is 3. The average Bonchev–Trinajstić information content (AvgIpc) is 3.22. The second kappa shape index (κ2) is 9.32. The highest BCUT2D eigenvalue weighted by molar-refractivity contribution is 7.80. The van der Waals surface area contributed by atoms with E-state index in [0.717, 1.165) is 34.3 Å². The normalized spacial score (nSPS) is 11.8. The number of nitrogens with zero attached hydrogens (tertiary/aromatic N) is 1. The van der Waals surface area contributed by atoms with Gasteiger partial charge in [0.25, 0.3) is 5.91 Å². The lowest BCUT2D eigenvalue weighted by molar-refractivity contribution is 0.0977. The largest absolute Gasteiger partial charge is 0.436 e. The third-order valence-electron chi connectivity index (χ3n) is 5.50. The van der Waals surface area contributed by atoms with Crippen LogP contribution in [0.2, 0.25) is 0 Å². The summed E-state index contributed by atoms with van der Waals surface area (Å²) < 4.78 is 5.97. The molecule has 0 fully saturated rings. The molecule has 0 saturated heterocycles. The fourth-order valence-electron chi connectivity index (χ4n) is 3.38. The van der Waals surface area contributed by atoms with Gasteiger partial charge in [-0.25, -0.2) is 4.98 Å². The second-order valence-electron chi connectivity index (χ2n) is 7.91. The molecule has 0 unspecified atom stereocenters. The molecule has 6 heteroatoms. The van der Waals surface area contributed by atoms with E-state index in [2.05, 4.69) is 41.6 Å². The van der Waals surface area contributed by atoms with Crippen molar-refractivity contribution in [1.29, 1.82) is 0 Å². The van der Waals surface area contributed by atoms with Crippen molar-refractivity contribution < 1.29 is 9.21 Å². The molecule has 0 aliphatic carbocycles. The van der Waals surface area contributed by atoms with Crippen molar-refractivity contribution in [3.8, 4) is 11.5 Å². The van der Waals surface area contributed by atoms with Gasteiger partial charge >= 0.3 is 0 Å². The number of amides is 1. The van der Waals surface area contributed by atoms with Gasteiger partial charge in [-0.2, -0.15) is 0 Å². The zero-order valence-corrected chi connectivity index (χ0v) is 19.1. The van der Waals surface area contributed by atoms with Crippen LogP contribution in [0.1, 0.15) is 47.7 Å². The first kappa shape index (κ1) is 21.7. The van der Waals surface area contributed by atoms with Gasteiger partial charge < -0.3 is 9.73 Å². The molecule has 0 aliphatic rings. The Bertz CT molecular complexity index is 1280. The molecule has 3 aromatic carbocycles. The number of fused-ring (bicyclic) bond motifs is 1. The van der Waals surface area contributed by atoms with Crippen LogP contribution in [0.5, 0.6) is 0 Å². The van der Waals surface area contributed by atoms with Gasteiger partial charge in [0.15, 0.2) is 10.7 Å². The molecule has 1 amide bonds. The Morgan fingerprint density at radius 3 is 2.62 bits per heavy atom. The second-order valence-corrected chi connectivity index (χ2v) is 8.32. The van der Waals surface area contributed by atoms with Crippen molar-refractivity contribution in [3.05, 3.63) is 83.4 Å². The molecule has 0 radical (unpaired) electrons. The Hall–Kier alpha value is -3.51. The Kier molecular flexibility index (Phi) is 6.32. The summed E-state index contributed by atoms with van der Waals surface area (Å²) in [5.41, 5.74) is 6.06. The molecule has 0 saturated carbocycles. The Labute approximate surface area is 192 Å². The molecule has 162 valence electrons. The summed E-state index contributed by atoms with van der Waals surface area (Å²) in [4.78, 5) is 17.1. The van der Waals surface area contributed by atoms with Crippen molar-refractivity contribution in [2.24, 2.45) is 0 Å². The number of carbonyl (C=O) groups excluding carboxylic acids is 1. The van der Waals surface area contributed by atoms with Gasteiger partial charge in [-0.05, 0) is 79.5 Å². The third kappa shape index (κ3) is 4.86. The van der Waals surface area contributed by atoms with E-state index < -0.39 is 0 Å². The highest BCUT2D eigenvalue weighted by Gasteiger charge is 2.12. The zero-order valence-electron chi connectivity index (χ0n) is 18.3. The third-order valence-corrected chi connectivity index (χ3v) is 5.71. The molecule has 1 aromatic heterocycles. The SMILES string of the molecule is CC[C@@H](C)c1ccc2oc(-c3cccc(NC(=S)NC(=O)c4ccc(C)cc4)c3)nc2c1. The summed E-state index contributed by atoms with van der Waals surface area (Å²) >= 11 is 5.32. The minimum absolute atomic E-state index is 0.225. The number of nitrogens with one attached hydrogen (secondary N) is 2. The lowest BCUT2D eigenvalue weighted by Gasteiger charge is -2.10. The zero-order chi connectivity index (χ0) is 22.7. The smallest absolute Gasteiger partial charge is 0.257 e. The van der Waals surface area contributed by atoms with Crippen LogP contribution in [0.15, 0.2) is 71.1 Å². The lowest BCUT2D eigenvalue weighted by atomic mass is 9.98. The maximum atomic E-state index is 12.4. The molecule has 2 N–H and O–H groups in total. The summed E-state index contributed by atoms with van der Waals surface area (Å²) in [6.45, 7) is 6.36. The summed E-state index contributed by atoms with van der Waals surface area (Å²) in [5.74, 6) is 0.762. The minimum atomic E-state index is -0.255. The van der Waals surface area contributed by atoms with E-state index in [9.17, 15) is 4.79 Å². The van der Waals surface area contributed by atoms with Crippen molar-refractivity contribution in [3.63, 3.8) is 0 Å². The van der Waals surface area contributed by atoms with Crippen LogP contribution in [0.3, 0.4) is 0 Å². The highest BCUT2D eigenvalue weighted by atomic mass is 32.1. The van der Waals surface area contributed by atoms with Crippen LogP contribution in [0.25, 0.3) is 22.6 Å². The van der Waals surface area contributed by atoms with Crippen LogP contribution in [0.4, 0.5) is 5.69 Å². The predicted octanol–water partition coefficient (Wildman–Crippen LogP) is 6.44. The number of oxazole rings is 1. The molecule has 4 aromatic rings. The van der Waals surface area contributed by atoms with Gasteiger partial charge in [-0.1, -0.05) is 43.7 Å². The maximum Gasteiger partial charge on any atom is 0.257 e. The fraction of sp³-hybridized carbons (Fsp3) is 0.192. The van der Waals surface area contributed by atoms with Crippen molar-refractivity contribution in [1.82, 2.24) is 10.3 Å². The van der Waals surface area contributed by atoms with Crippen LogP contribution in [-0.4, -0.2) is 16.0 Å². The first-order valence-corrected chi connectivity index (χ1v) is 11.0. The van der Waals surface area contributed by atoms with Crippen LogP contribution < -0.4 is 10.6 Å². The molecule has 32 heavy (non-hydrogen) atoms. The van der Waals surface area contributed by atoms with E-state index in [-0.39, 0.29) is 11.0 Å². The van der Waals surface area contributed by atoms with E-state index in [1.807, 2.05) is 49.4 Å². The molecule has 0 bridgehead atoms. The number of anilines is 1. The highest BCUT2D eigenvalue weighted by Crippen LogP contribution is 2.29. The predicted molar refractivity (Wildman–Crippen MR) is 133 cm³/mol. The summed E-state index contributed by atoms with van der Waals surface area (Å²) in [6, 6.07) is 21.1. The van der Waals surface area contributed by atoms with Gasteiger partial charge in [0, 0.05) is 16.8 Å². The van der Waals surface area contributed by atoms with Crippen LogP contribution in [0, 0.1) is 6.92 Å². The number of hydrogen-bond acceptors (Lipinski definition) is 4. The van der Waals surface area contributed by atoms with E-state index in [4.69, 9.17) is 16.6 Å². The first-order chi connectivity index (χ1) is 15.4. The lowest BCUT2D eigenvalue weighted by Crippen LogP contribution is -2.34. The Morgan fingerprint density at radius 2 is 1.88 bits per heavy atom. The molecule has 0 spiro atoms. The maximum absolute atomic E-state index is 12.4. The molecule has 1 heterocycles.